The molecule has 1 aromatic carbocycles. The number of nitrogens with zero attached hydrogens (tertiary/aromatic N) is 1. The number of rotatable bonds is 10. The number of halogens is 3. The molecule has 0 aliphatic rings. The first kappa shape index (κ1) is 18.3. The molecule has 1 rings (SSSR count). The van der Waals surface area contributed by atoms with Gasteiger partial charge in [-0.05, 0) is 30.7 Å². The van der Waals surface area contributed by atoms with E-state index in [9.17, 15) is 8.78 Å². The second kappa shape index (κ2) is 10.1. The van der Waals surface area contributed by atoms with Gasteiger partial charge < -0.3 is 10.4 Å². The molecule has 0 saturated heterocycles. The molecule has 120 valence electrons. The molecule has 0 aromatic heterocycles. The Morgan fingerprint density at radius 2 is 2.10 bits per heavy atom. The maximum absolute atomic E-state index is 12.5. The second-order valence-corrected chi connectivity index (χ2v) is 5.31. The van der Waals surface area contributed by atoms with E-state index in [1.165, 1.54) is 0 Å². The second-order valence-electron chi connectivity index (χ2n) is 4.87. The maximum Gasteiger partial charge on any atom is 0.251 e. The summed E-state index contributed by atoms with van der Waals surface area (Å²) in [4.78, 5) is 1.58. The number of benzene rings is 1. The fourth-order valence-corrected chi connectivity index (χ4v) is 2.50. The van der Waals surface area contributed by atoms with Gasteiger partial charge in [-0.2, -0.15) is 0 Å². The van der Waals surface area contributed by atoms with Gasteiger partial charge in [-0.1, -0.05) is 30.7 Å². The van der Waals surface area contributed by atoms with Gasteiger partial charge in [-0.3, -0.25) is 4.90 Å². The Morgan fingerprint density at radius 3 is 2.67 bits per heavy atom. The largest absolute Gasteiger partial charge is 0.395 e. The molecule has 0 radical (unpaired) electrons. The molecule has 0 fully saturated rings. The van der Waals surface area contributed by atoms with Crippen molar-refractivity contribution >= 4 is 11.6 Å². The van der Waals surface area contributed by atoms with Crippen LogP contribution < -0.4 is 5.32 Å². The van der Waals surface area contributed by atoms with Crippen LogP contribution in [-0.2, 0) is 0 Å². The van der Waals surface area contributed by atoms with Gasteiger partial charge in [0.25, 0.3) is 6.43 Å². The number of alkyl halides is 2. The molecule has 6 heteroatoms. The summed E-state index contributed by atoms with van der Waals surface area (Å²) in [5, 5.41) is 13.0. The van der Waals surface area contributed by atoms with Crippen LogP contribution in [0.2, 0.25) is 5.02 Å². The van der Waals surface area contributed by atoms with E-state index >= 15 is 0 Å². The van der Waals surface area contributed by atoms with Crippen molar-refractivity contribution in [2.75, 3.05) is 32.8 Å². The lowest BCUT2D eigenvalue weighted by Crippen LogP contribution is -2.35. The predicted molar refractivity (Wildman–Crippen MR) is 82.0 cm³/mol. The first-order valence-corrected chi connectivity index (χ1v) is 7.54. The lowest BCUT2D eigenvalue weighted by atomic mass is 10.0. The summed E-state index contributed by atoms with van der Waals surface area (Å²) in [6.07, 6.45) is -1.71. The SMILES string of the molecule is CCNC(CCN(CCO)CC(F)F)c1cccc(Cl)c1. The van der Waals surface area contributed by atoms with Crippen LogP contribution in [0, 0.1) is 0 Å². The fraction of sp³-hybridized carbons (Fsp3) is 0.600. The zero-order valence-corrected chi connectivity index (χ0v) is 13.0. The molecule has 0 bridgehead atoms. The van der Waals surface area contributed by atoms with Crippen molar-refractivity contribution < 1.29 is 13.9 Å². The highest BCUT2D eigenvalue weighted by Crippen LogP contribution is 2.21. The summed E-state index contributed by atoms with van der Waals surface area (Å²) in [5.74, 6) is 0. The first-order chi connectivity index (χ1) is 10.1. The maximum atomic E-state index is 12.5. The highest BCUT2D eigenvalue weighted by molar-refractivity contribution is 6.30. The molecule has 1 atom stereocenters. The van der Waals surface area contributed by atoms with Crippen LogP contribution in [0.15, 0.2) is 24.3 Å². The van der Waals surface area contributed by atoms with Crippen LogP contribution >= 0.6 is 11.6 Å². The standard InChI is InChI=1S/C15H23ClF2N2O/c1-2-19-14(12-4-3-5-13(16)10-12)6-7-20(8-9-21)11-15(17)18/h3-5,10,14-15,19,21H,2,6-9,11H2,1H3. The van der Waals surface area contributed by atoms with E-state index in [4.69, 9.17) is 16.7 Å². The van der Waals surface area contributed by atoms with E-state index < -0.39 is 6.43 Å². The van der Waals surface area contributed by atoms with E-state index in [2.05, 4.69) is 5.32 Å². The van der Waals surface area contributed by atoms with Crippen LogP contribution in [0.4, 0.5) is 8.78 Å². The number of hydrogen-bond acceptors (Lipinski definition) is 3. The van der Waals surface area contributed by atoms with Crippen molar-refractivity contribution in [3.63, 3.8) is 0 Å². The molecule has 0 amide bonds. The van der Waals surface area contributed by atoms with Gasteiger partial charge in [0.05, 0.1) is 13.2 Å². The van der Waals surface area contributed by atoms with Crippen LogP contribution in [0.3, 0.4) is 0 Å². The topological polar surface area (TPSA) is 35.5 Å². The first-order valence-electron chi connectivity index (χ1n) is 7.17. The van der Waals surface area contributed by atoms with Crippen molar-refractivity contribution in [2.45, 2.75) is 25.8 Å². The molecular weight excluding hydrogens is 298 g/mol. The highest BCUT2D eigenvalue weighted by atomic mass is 35.5. The Balaban J connectivity index is 2.64. The Morgan fingerprint density at radius 1 is 1.33 bits per heavy atom. The van der Waals surface area contributed by atoms with E-state index in [1.54, 1.807) is 4.90 Å². The van der Waals surface area contributed by atoms with Crippen molar-refractivity contribution in [1.29, 1.82) is 0 Å². The molecule has 0 aliphatic heterocycles. The van der Waals surface area contributed by atoms with Gasteiger partial charge in [0.1, 0.15) is 0 Å². The van der Waals surface area contributed by atoms with E-state index in [0.717, 1.165) is 12.1 Å². The summed E-state index contributed by atoms with van der Waals surface area (Å²) >= 11 is 6.00. The minimum atomic E-state index is -2.39. The summed E-state index contributed by atoms with van der Waals surface area (Å²) in [7, 11) is 0. The highest BCUT2D eigenvalue weighted by Gasteiger charge is 2.16. The monoisotopic (exact) mass is 320 g/mol. The lowest BCUT2D eigenvalue weighted by molar-refractivity contribution is 0.0762. The van der Waals surface area contributed by atoms with Gasteiger partial charge in [0.15, 0.2) is 0 Å². The number of aliphatic hydroxyl groups excluding tert-OH is 1. The van der Waals surface area contributed by atoms with Gasteiger partial charge >= 0.3 is 0 Å². The molecule has 3 nitrogen and oxygen atoms in total. The van der Waals surface area contributed by atoms with Crippen LogP contribution in [0.25, 0.3) is 0 Å². The fourth-order valence-electron chi connectivity index (χ4n) is 2.30. The predicted octanol–water partition coefficient (Wildman–Crippen LogP) is 2.94. The third-order valence-electron chi connectivity index (χ3n) is 3.25. The molecular formula is C15H23ClF2N2O. The van der Waals surface area contributed by atoms with Gasteiger partial charge in [0.2, 0.25) is 0 Å². The van der Waals surface area contributed by atoms with E-state index in [-0.39, 0.29) is 25.7 Å². The van der Waals surface area contributed by atoms with Crippen molar-refractivity contribution in [1.82, 2.24) is 10.2 Å². The van der Waals surface area contributed by atoms with Gasteiger partial charge in [-0.15, -0.1) is 0 Å². The van der Waals surface area contributed by atoms with E-state index in [0.29, 0.717) is 18.0 Å². The number of aliphatic hydroxyl groups is 1. The van der Waals surface area contributed by atoms with Crippen molar-refractivity contribution in [3.05, 3.63) is 34.9 Å². The zero-order valence-electron chi connectivity index (χ0n) is 12.2. The molecule has 0 saturated carbocycles. The number of hydrogen-bond donors (Lipinski definition) is 2. The molecule has 0 heterocycles. The Hall–Kier alpha value is -0.750. The minimum Gasteiger partial charge on any atom is -0.395 e. The van der Waals surface area contributed by atoms with Crippen molar-refractivity contribution in [3.8, 4) is 0 Å². The minimum absolute atomic E-state index is 0.0626. The Kier molecular flexibility index (Phi) is 8.76. The molecule has 1 unspecified atom stereocenters. The molecule has 21 heavy (non-hydrogen) atoms. The molecule has 2 N–H and O–H groups in total. The van der Waals surface area contributed by atoms with Crippen molar-refractivity contribution in [2.24, 2.45) is 0 Å². The molecule has 0 spiro atoms. The normalized spacial score (nSPS) is 13.1. The lowest BCUT2D eigenvalue weighted by Gasteiger charge is -2.25. The summed E-state index contributed by atoms with van der Waals surface area (Å²) in [6.45, 7) is 3.12. The van der Waals surface area contributed by atoms with Crippen LogP contribution in [-0.4, -0.2) is 49.2 Å². The third-order valence-corrected chi connectivity index (χ3v) is 3.48. The van der Waals surface area contributed by atoms with Gasteiger partial charge in [0, 0.05) is 24.2 Å². The van der Waals surface area contributed by atoms with Crippen LogP contribution in [0.5, 0.6) is 0 Å². The summed E-state index contributed by atoms with van der Waals surface area (Å²) in [6, 6.07) is 7.61. The van der Waals surface area contributed by atoms with Crippen LogP contribution in [0.1, 0.15) is 24.9 Å². The average molecular weight is 321 g/mol. The Labute approximate surface area is 129 Å². The van der Waals surface area contributed by atoms with E-state index in [1.807, 2.05) is 31.2 Å². The van der Waals surface area contributed by atoms with Gasteiger partial charge in [-0.25, -0.2) is 8.78 Å². The summed E-state index contributed by atoms with van der Waals surface area (Å²) < 4.78 is 25.0. The quantitative estimate of drug-likeness (QED) is 0.696. The zero-order chi connectivity index (χ0) is 15.7. The smallest absolute Gasteiger partial charge is 0.251 e. The third kappa shape index (κ3) is 7.18. The summed E-state index contributed by atoms with van der Waals surface area (Å²) in [5.41, 5.74) is 1.05. The average Bonchev–Trinajstić information content (AvgIpc) is 2.43. The molecule has 0 aliphatic carbocycles. The molecule has 1 aromatic rings. The Bertz CT molecular complexity index is 407. The number of nitrogens with one attached hydrogen (secondary N) is 1.